The number of nitrogens with one attached hydrogen (secondary N) is 2. The van der Waals surface area contributed by atoms with Crippen molar-refractivity contribution in [2.45, 2.75) is 13.3 Å². The quantitative estimate of drug-likeness (QED) is 0.606. The van der Waals surface area contributed by atoms with Gasteiger partial charge >= 0.3 is 0 Å². The molecular weight excluding hydrogens is 366 g/mol. The van der Waals surface area contributed by atoms with Crippen LogP contribution in [0.2, 0.25) is 0 Å². The predicted molar refractivity (Wildman–Crippen MR) is 115 cm³/mol. The summed E-state index contributed by atoms with van der Waals surface area (Å²) in [6, 6.07) is 14.8. The molecule has 1 aromatic heterocycles. The average Bonchev–Trinajstić information content (AvgIpc) is 3.07. The van der Waals surface area contributed by atoms with Crippen LogP contribution in [0.3, 0.4) is 0 Å². The van der Waals surface area contributed by atoms with E-state index in [1.807, 2.05) is 49.0 Å². The molecule has 0 aliphatic rings. The number of para-hydroxylation sites is 2. The van der Waals surface area contributed by atoms with Gasteiger partial charge in [0.25, 0.3) is 11.8 Å². The van der Waals surface area contributed by atoms with E-state index in [0.717, 1.165) is 22.9 Å². The Hall–Kier alpha value is -3.54. The molecule has 0 saturated carbocycles. The Morgan fingerprint density at radius 3 is 2.59 bits per heavy atom. The molecule has 0 spiro atoms. The third kappa shape index (κ3) is 4.48. The van der Waals surface area contributed by atoms with Crippen molar-refractivity contribution in [2.24, 2.45) is 7.05 Å². The Morgan fingerprint density at radius 2 is 1.83 bits per heavy atom. The number of fused-ring (bicyclic) bond motifs is 1. The fourth-order valence-corrected chi connectivity index (χ4v) is 3.16. The number of carbonyl (C=O) groups excluding carboxylic acids is 2. The summed E-state index contributed by atoms with van der Waals surface area (Å²) in [6.07, 6.45) is 4.45. The fourth-order valence-electron chi connectivity index (χ4n) is 3.16. The fraction of sp³-hybridized carbons (Fsp3) is 0.217. The Kier molecular flexibility index (Phi) is 6.34. The summed E-state index contributed by atoms with van der Waals surface area (Å²) in [6.45, 7) is 2.50. The minimum Gasteiger partial charge on any atom is -0.496 e. The molecule has 6 nitrogen and oxygen atoms in total. The number of hydrogen-bond acceptors (Lipinski definition) is 3. The molecule has 6 heteroatoms. The van der Waals surface area contributed by atoms with E-state index in [2.05, 4.69) is 10.6 Å². The molecule has 0 saturated heterocycles. The van der Waals surface area contributed by atoms with Crippen molar-refractivity contribution >= 4 is 28.8 Å². The van der Waals surface area contributed by atoms with E-state index >= 15 is 0 Å². The van der Waals surface area contributed by atoms with Gasteiger partial charge < -0.3 is 19.9 Å². The second-order valence-electron chi connectivity index (χ2n) is 6.68. The zero-order valence-corrected chi connectivity index (χ0v) is 16.9. The molecule has 2 amide bonds. The molecule has 2 aromatic carbocycles. The minimum absolute atomic E-state index is 0.186. The van der Waals surface area contributed by atoms with Crippen LogP contribution in [0, 0.1) is 0 Å². The van der Waals surface area contributed by atoms with E-state index in [4.69, 9.17) is 4.74 Å². The zero-order chi connectivity index (χ0) is 20.8. The number of nitrogens with zero attached hydrogens (tertiary/aromatic N) is 1. The maximum absolute atomic E-state index is 12.9. The number of rotatable bonds is 7. The third-order valence-corrected chi connectivity index (χ3v) is 4.61. The second kappa shape index (κ2) is 9.10. The molecule has 1 heterocycles. The van der Waals surface area contributed by atoms with Crippen LogP contribution in [0.25, 0.3) is 17.0 Å². The molecule has 0 unspecified atom stereocenters. The largest absolute Gasteiger partial charge is 0.496 e. The molecule has 29 heavy (non-hydrogen) atoms. The van der Waals surface area contributed by atoms with Crippen LogP contribution in [0.1, 0.15) is 29.3 Å². The van der Waals surface area contributed by atoms with Gasteiger partial charge in [-0.25, -0.2) is 0 Å². The van der Waals surface area contributed by atoms with Crippen LogP contribution >= 0.6 is 0 Å². The summed E-state index contributed by atoms with van der Waals surface area (Å²) in [4.78, 5) is 25.6. The van der Waals surface area contributed by atoms with Gasteiger partial charge in [0.05, 0.1) is 12.7 Å². The number of carbonyl (C=O) groups is 2. The Balaban J connectivity index is 1.99. The monoisotopic (exact) mass is 391 g/mol. The van der Waals surface area contributed by atoms with Crippen molar-refractivity contribution in [3.63, 3.8) is 0 Å². The summed E-state index contributed by atoms with van der Waals surface area (Å²) < 4.78 is 7.26. The Morgan fingerprint density at radius 1 is 1.10 bits per heavy atom. The van der Waals surface area contributed by atoms with Crippen molar-refractivity contribution in [1.82, 2.24) is 15.2 Å². The molecule has 0 bridgehead atoms. The summed E-state index contributed by atoms with van der Waals surface area (Å²) in [7, 11) is 3.46. The van der Waals surface area contributed by atoms with Crippen LogP contribution in [0.4, 0.5) is 0 Å². The topological polar surface area (TPSA) is 72.4 Å². The number of aryl methyl sites for hydroxylation is 1. The van der Waals surface area contributed by atoms with Crippen LogP contribution in [0.15, 0.2) is 60.4 Å². The van der Waals surface area contributed by atoms with Crippen LogP contribution in [0.5, 0.6) is 5.75 Å². The number of methoxy groups -OCH3 is 1. The summed E-state index contributed by atoms with van der Waals surface area (Å²) in [5.74, 6) is -0.285. The lowest BCUT2D eigenvalue weighted by Crippen LogP contribution is -2.35. The van der Waals surface area contributed by atoms with Crippen molar-refractivity contribution in [2.75, 3.05) is 13.7 Å². The van der Waals surface area contributed by atoms with Gasteiger partial charge in [0.1, 0.15) is 11.4 Å². The van der Waals surface area contributed by atoms with Crippen molar-refractivity contribution in [3.8, 4) is 5.75 Å². The lowest BCUT2D eigenvalue weighted by molar-refractivity contribution is -0.117. The van der Waals surface area contributed by atoms with Gasteiger partial charge in [0, 0.05) is 36.3 Å². The first kappa shape index (κ1) is 20.2. The molecule has 0 aliphatic heterocycles. The van der Waals surface area contributed by atoms with Gasteiger partial charge in [-0.15, -0.1) is 0 Å². The molecular formula is C23H25N3O3. The van der Waals surface area contributed by atoms with E-state index in [1.54, 1.807) is 30.3 Å². The van der Waals surface area contributed by atoms with Crippen LogP contribution < -0.4 is 15.4 Å². The predicted octanol–water partition coefficient (Wildman–Crippen LogP) is 3.48. The SMILES string of the molecule is CCCNC(=O)/C(=C/c1cn(C)c2ccccc12)NC(=O)c1ccccc1OC. The van der Waals surface area contributed by atoms with Gasteiger partial charge in [-0.2, -0.15) is 0 Å². The maximum atomic E-state index is 12.9. The Bertz CT molecular complexity index is 1070. The second-order valence-corrected chi connectivity index (χ2v) is 6.68. The summed E-state index contributed by atoms with van der Waals surface area (Å²) in [5.41, 5.74) is 2.45. The lowest BCUT2D eigenvalue weighted by Gasteiger charge is -2.12. The number of amides is 2. The zero-order valence-electron chi connectivity index (χ0n) is 16.9. The third-order valence-electron chi connectivity index (χ3n) is 4.61. The number of benzene rings is 2. The van der Waals surface area contributed by atoms with Crippen LogP contribution in [-0.2, 0) is 11.8 Å². The molecule has 0 atom stereocenters. The molecule has 0 radical (unpaired) electrons. The van der Waals surface area contributed by atoms with Crippen molar-refractivity contribution in [1.29, 1.82) is 0 Å². The summed E-state index contributed by atoms with van der Waals surface area (Å²) in [5, 5.41) is 6.60. The molecule has 2 N–H and O–H groups in total. The highest BCUT2D eigenvalue weighted by Gasteiger charge is 2.18. The molecule has 150 valence electrons. The molecule has 3 rings (SSSR count). The van der Waals surface area contributed by atoms with E-state index in [1.165, 1.54) is 7.11 Å². The maximum Gasteiger partial charge on any atom is 0.267 e. The number of ether oxygens (including phenoxy) is 1. The van der Waals surface area contributed by atoms with Crippen molar-refractivity contribution < 1.29 is 14.3 Å². The molecule has 0 fully saturated rings. The lowest BCUT2D eigenvalue weighted by atomic mass is 10.1. The average molecular weight is 391 g/mol. The molecule has 3 aromatic rings. The first-order chi connectivity index (χ1) is 14.0. The van der Waals surface area contributed by atoms with E-state index in [-0.39, 0.29) is 11.6 Å². The first-order valence-electron chi connectivity index (χ1n) is 9.53. The highest BCUT2D eigenvalue weighted by atomic mass is 16.5. The normalized spacial score (nSPS) is 11.3. The smallest absolute Gasteiger partial charge is 0.267 e. The van der Waals surface area contributed by atoms with E-state index < -0.39 is 5.91 Å². The number of aromatic nitrogens is 1. The van der Waals surface area contributed by atoms with E-state index in [9.17, 15) is 9.59 Å². The first-order valence-corrected chi connectivity index (χ1v) is 9.53. The van der Waals surface area contributed by atoms with E-state index in [0.29, 0.717) is 17.9 Å². The summed E-state index contributed by atoms with van der Waals surface area (Å²) >= 11 is 0. The van der Waals surface area contributed by atoms with Crippen LogP contribution in [-0.4, -0.2) is 30.0 Å². The highest BCUT2D eigenvalue weighted by molar-refractivity contribution is 6.07. The Labute approximate surface area is 170 Å². The van der Waals surface area contributed by atoms with Gasteiger partial charge in [0.2, 0.25) is 0 Å². The number of hydrogen-bond donors (Lipinski definition) is 2. The van der Waals surface area contributed by atoms with Gasteiger partial charge in [-0.1, -0.05) is 37.3 Å². The van der Waals surface area contributed by atoms with Gasteiger partial charge in [-0.3, -0.25) is 9.59 Å². The highest BCUT2D eigenvalue weighted by Crippen LogP contribution is 2.23. The van der Waals surface area contributed by atoms with Crippen molar-refractivity contribution in [3.05, 3.63) is 71.6 Å². The van der Waals surface area contributed by atoms with Gasteiger partial charge in [0.15, 0.2) is 0 Å². The minimum atomic E-state index is -0.402. The molecule has 0 aliphatic carbocycles. The van der Waals surface area contributed by atoms with Gasteiger partial charge in [-0.05, 0) is 30.7 Å². The standard InChI is InChI=1S/C23H25N3O3/c1-4-13-24-23(28)19(25-22(27)18-10-6-8-12-21(18)29-3)14-16-15-26(2)20-11-7-5-9-17(16)20/h5-12,14-15H,4,13H2,1-3H3,(H,24,28)(H,25,27)/b19-14-.